The van der Waals surface area contributed by atoms with Gasteiger partial charge in [0.15, 0.2) is 5.69 Å². The number of hydrogen-bond donors (Lipinski definition) is 1. The maximum absolute atomic E-state index is 12.4. The number of hydrogen-bond acceptors (Lipinski definition) is 4. The molecule has 0 amide bonds. The number of sulfonamides is 1. The van der Waals surface area contributed by atoms with E-state index in [2.05, 4.69) is 25.6 Å². The highest BCUT2D eigenvalue weighted by Crippen LogP contribution is 2.20. The number of halogens is 1. The normalized spacial score (nSPS) is 12.6. The molecule has 1 aromatic heterocycles. The van der Waals surface area contributed by atoms with Crippen LogP contribution in [0.3, 0.4) is 0 Å². The number of aromatic nitrogens is 1. The van der Waals surface area contributed by atoms with Gasteiger partial charge in [0, 0.05) is 16.7 Å². The highest BCUT2D eigenvalue weighted by Gasteiger charge is 2.22. The van der Waals surface area contributed by atoms with E-state index >= 15 is 0 Å². The van der Waals surface area contributed by atoms with E-state index in [0.717, 1.165) is 10.0 Å². The third-order valence-corrected chi connectivity index (χ3v) is 4.97. The van der Waals surface area contributed by atoms with E-state index in [1.165, 1.54) is 18.3 Å². The maximum Gasteiger partial charge on any atom is 0.244 e. The first-order valence-corrected chi connectivity index (χ1v) is 8.34. The van der Waals surface area contributed by atoms with Gasteiger partial charge in [0.05, 0.1) is 0 Å². The molecule has 1 unspecified atom stereocenters. The van der Waals surface area contributed by atoms with Crippen molar-refractivity contribution in [2.45, 2.75) is 17.9 Å². The van der Waals surface area contributed by atoms with E-state index in [4.69, 9.17) is 5.26 Å². The number of nitriles is 1. The molecule has 0 aliphatic rings. The SMILES string of the molecule is CC(NS(=O)(=O)c1cccnc1C#N)c1ccc(Br)cc1. The van der Waals surface area contributed by atoms with Gasteiger partial charge in [0.1, 0.15) is 11.0 Å². The lowest BCUT2D eigenvalue weighted by atomic mass is 10.1. The van der Waals surface area contributed by atoms with Gasteiger partial charge in [0.2, 0.25) is 10.0 Å². The molecule has 2 aromatic rings. The number of benzene rings is 1. The first-order chi connectivity index (χ1) is 9.94. The summed E-state index contributed by atoms with van der Waals surface area (Å²) in [5.41, 5.74) is 0.706. The minimum Gasteiger partial charge on any atom is -0.244 e. The Bertz CT molecular complexity index is 783. The molecule has 21 heavy (non-hydrogen) atoms. The van der Waals surface area contributed by atoms with Gasteiger partial charge in [-0.1, -0.05) is 28.1 Å². The number of nitrogens with one attached hydrogen (secondary N) is 1. The molecule has 5 nitrogen and oxygen atoms in total. The fourth-order valence-electron chi connectivity index (χ4n) is 1.81. The second-order valence-electron chi connectivity index (χ2n) is 4.36. The summed E-state index contributed by atoms with van der Waals surface area (Å²) in [6.45, 7) is 1.74. The average molecular weight is 366 g/mol. The van der Waals surface area contributed by atoms with Crippen molar-refractivity contribution in [3.8, 4) is 6.07 Å². The summed E-state index contributed by atoms with van der Waals surface area (Å²) >= 11 is 3.33. The van der Waals surface area contributed by atoms with Crippen LogP contribution < -0.4 is 4.72 Å². The van der Waals surface area contributed by atoms with Crippen molar-refractivity contribution in [1.29, 1.82) is 5.26 Å². The van der Waals surface area contributed by atoms with E-state index in [1.54, 1.807) is 13.0 Å². The summed E-state index contributed by atoms with van der Waals surface area (Å²) in [5.74, 6) is 0. The van der Waals surface area contributed by atoms with Crippen molar-refractivity contribution in [2.24, 2.45) is 0 Å². The summed E-state index contributed by atoms with van der Waals surface area (Å²) in [6.07, 6.45) is 1.38. The summed E-state index contributed by atoms with van der Waals surface area (Å²) < 4.78 is 28.2. The van der Waals surface area contributed by atoms with Crippen molar-refractivity contribution in [3.63, 3.8) is 0 Å². The molecular formula is C14H12BrN3O2S. The van der Waals surface area contributed by atoms with Crippen LogP contribution in [-0.4, -0.2) is 13.4 Å². The zero-order valence-corrected chi connectivity index (χ0v) is 13.5. The molecule has 0 spiro atoms. The Labute approximate surface area is 131 Å². The molecule has 0 bridgehead atoms. The minimum absolute atomic E-state index is 0.114. The Kier molecular flexibility index (Phi) is 4.73. The van der Waals surface area contributed by atoms with Crippen LogP contribution in [0.15, 0.2) is 52.0 Å². The second-order valence-corrected chi connectivity index (χ2v) is 6.95. The number of rotatable bonds is 4. The lowest BCUT2D eigenvalue weighted by molar-refractivity contribution is 0.566. The van der Waals surface area contributed by atoms with E-state index in [9.17, 15) is 8.42 Å². The molecule has 0 aliphatic heterocycles. The van der Waals surface area contributed by atoms with Gasteiger partial charge in [-0.2, -0.15) is 5.26 Å². The predicted octanol–water partition coefficient (Wildman–Crippen LogP) is 2.76. The van der Waals surface area contributed by atoms with Gasteiger partial charge < -0.3 is 0 Å². The standard InChI is InChI=1S/C14H12BrN3O2S/c1-10(11-4-6-12(15)7-5-11)18-21(19,20)14-3-2-8-17-13(14)9-16/h2-8,10,18H,1H3. The van der Waals surface area contributed by atoms with Crippen molar-refractivity contribution >= 4 is 26.0 Å². The molecular weight excluding hydrogens is 354 g/mol. The minimum atomic E-state index is -3.81. The predicted molar refractivity (Wildman–Crippen MR) is 81.8 cm³/mol. The van der Waals surface area contributed by atoms with Crippen LogP contribution in [0.4, 0.5) is 0 Å². The van der Waals surface area contributed by atoms with Crippen molar-refractivity contribution < 1.29 is 8.42 Å². The largest absolute Gasteiger partial charge is 0.244 e. The van der Waals surface area contributed by atoms with E-state index in [0.29, 0.717) is 0 Å². The molecule has 0 saturated heterocycles. The van der Waals surface area contributed by atoms with Crippen LogP contribution in [0.25, 0.3) is 0 Å². The first kappa shape index (κ1) is 15.6. The molecule has 2 rings (SSSR count). The summed E-state index contributed by atoms with van der Waals surface area (Å²) in [7, 11) is -3.81. The molecule has 0 aliphatic carbocycles. The summed E-state index contributed by atoms with van der Waals surface area (Å²) in [5, 5.41) is 8.95. The van der Waals surface area contributed by atoms with Crippen LogP contribution in [0.1, 0.15) is 24.2 Å². The Hall–Kier alpha value is -1.75. The van der Waals surface area contributed by atoms with Crippen LogP contribution in [-0.2, 0) is 10.0 Å². The maximum atomic E-state index is 12.4. The van der Waals surface area contributed by atoms with Gasteiger partial charge >= 0.3 is 0 Å². The van der Waals surface area contributed by atoms with Gasteiger partial charge in [-0.25, -0.2) is 18.1 Å². The van der Waals surface area contributed by atoms with Gasteiger partial charge in [0.25, 0.3) is 0 Å². The lowest BCUT2D eigenvalue weighted by Gasteiger charge is -2.15. The topological polar surface area (TPSA) is 82.8 Å². The molecule has 7 heteroatoms. The van der Waals surface area contributed by atoms with E-state index in [1.807, 2.05) is 24.3 Å². The Morgan fingerprint density at radius 1 is 1.29 bits per heavy atom. The van der Waals surface area contributed by atoms with Crippen LogP contribution >= 0.6 is 15.9 Å². The fraction of sp³-hybridized carbons (Fsp3) is 0.143. The third-order valence-electron chi connectivity index (χ3n) is 2.87. The van der Waals surface area contributed by atoms with E-state index < -0.39 is 16.1 Å². The zero-order chi connectivity index (χ0) is 15.5. The highest BCUT2D eigenvalue weighted by molar-refractivity contribution is 9.10. The quantitative estimate of drug-likeness (QED) is 0.902. The molecule has 0 fully saturated rings. The molecule has 0 radical (unpaired) electrons. The smallest absolute Gasteiger partial charge is 0.244 e. The Morgan fingerprint density at radius 3 is 2.57 bits per heavy atom. The van der Waals surface area contributed by atoms with Gasteiger partial charge in [-0.05, 0) is 36.8 Å². The molecule has 108 valence electrons. The monoisotopic (exact) mass is 365 g/mol. The Morgan fingerprint density at radius 2 is 1.95 bits per heavy atom. The average Bonchev–Trinajstić information content (AvgIpc) is 2.47. The summed E-state index contributed by atoms with van der Waals surface area (Å²) in [6, 6.07) is 11.5. The van der Waals surface area contributed by atoms with Crippen LogP contribution in [0.5, 0.6) is 0 Å². The van der Waals surface area contributed by atoms with Crippen molar-refractivity contribution in [3.05, 3.63) is 58.3 Å². The zero-order valence-electron chi connectivity index (χ0n) is 11.1. The van der Waals surface area contributed by atoms with Crippen molar-refractivity contribution in [1.82, 2.24) is 9.71 Å². The molecule has 1 N–H and O–H groups in total. The summed E-state index contributed by atoms with van der Waals surface area (Å²) in [4.78, 5) is 3.65. The highest BCUT2D eigenvalue weighted by atomic mass is 79.9. The number of pyridine rings is 1. The lowest BCUT2D eigenvalue weighted by Crippen LogP contribution is -2.27. The van der Waals surface area contributed by atoms with Gasteiger partial charge in [-0.3, -0.25) is 0 Å². The Balaban J connectivity index is 2.29. The first-order valence-electron chi connectivity index (χ1n) is 6.07. The third kappa shape index (κ3) is 3.67. The van der Waals surface area contributed by atoms with Gasteiger partial charge in [-0.15, -0.1) is 0 Å². The van der Waals surface area contributed by atoms with E-state index in [-0.39, 0.29) is 10.6 Å². The molecule has 1 atom stereocenters. The van der Waals surface area contributed by atoms with Crippen LogP contribution in [0, 0.1) is 11.3 Å². The fourth-order valence-corrected chi connectivity index (χ4v) is 3.41. The second kappa shape index (κ2) is 6.35. The molecule has 1 aromatic carbocycles. The van der Waals surface area contributed by atoms with Crippen molar-refractivity contribution in [2.75, 3.05) is 0 Å². The van der Waals surface area contributed by atoms with Crippen LogP contribution in [0.2, 0.25) is 0 Å². The number of nitrogens with zero attached hydrogens (tertiary/aromatic N) is 2. The molecule has 0 saturated carbocycles. The molecule has 1 heterocycles.